The number of halogens is 2. The Kier molecular flexibility index (Phi) is 6.11. The summed E-state index contributed by atoms with van der Waals surface area (Å²) < 4.78 is 5.68. The zero-order valence-corrected chi connectivity index (χ0v) is 11.2. The van der Waals surface area contributed by atoms with Crippen LogP contribution in [-0.2, 0) is 0 Å². The maximum Gasteiger partial charge on any atom is 0.120 e. The standard InChI is InChI=1S/C12H16BrClO/c1-2-4-10(8-13)9-15-12-6-3-5-11(14)7-12/h3,5-7,10H,2,4,8-9H2,1H3. The van der Waals surface area contributed by atoms with Crippen molar-refractivity contribution in [3.8, 4) is 5.75 Å². The lowest BCUT2D eigenvalue weighted by atomic mass is 10.1. The van der Waals surface area contributed by atoms with E-state index in [2.05, 4.69) is 22.9 Å². The van der Waals surface area contributed by atoms with E-state index in [1.165, 1.54) is 12.8 Å². The van der Waals surface area contributed by atoms with Gasteiger partial charge in [0.2, 0.25) is 0 Å². The number of hydrogen-bond donors (Lipinski definition) is 0. The van der Waals surface area contributed by atoms with Crippen molar-refractivity contribution < 1.29 is 4.74 Å². The highest BCUT2D eigenvalue weighted by Crippen LogP contribution is 2.19. The van der Waals surface area contributed by atoms with Crippen molar-refractivity contribution in [1.29, 1.82) is 0 Å². The molecule has 0 bridgehead atoms. The molecule has 1 atom stereocenters. The van der Waals surface area contributed by atoms with Crippen LogP contribution >= 0.6 is 27.5 Å². The van der Waals surface area contributed by atoms with Gasteiger partial charge in [0, 0.05) is 16.3 Å². The molecule has 15 heavy (non-hydrogen) atoms. The van der Waals surface area contributed by atoms with Crippen molar-refractivity contribution in [3.63, 3.8) is 0 Å². The highest BCUT2D eigenvalue weighted by Gasteiger charge is 2.06. The third kappa shape index (κ3) is 4.89. The van der Waals surface area contributed by atoms with E-state index in [0.717, 1.165) is 22.7 Å². The van der Waals surface area contributed by atoms with Crippen LogP contribution in [-0.4, -0.2) is 11.9 Å². The SMILES string of the molecule is CCCC(CBr)COc1cccc(Cl)c1. The van der Waals surface area contributed by atoms with Gasteiger partial charge in [-0.1, -0.05) is 46.9 Å². The molecule has 0 saturated carbocycles. The van der Waals surface area contributed by atoms with Crippen LogP contribution in [0.5, 0.6) is 5.75 Å². The van der Waals surface area contributed by atoms with Crippen LogP contribution in [0.25, 0.3) is 0 Å². The van der Waals surface area contributed by atoms with Gasteiger partial charge in [-0.25, -0.2) is 0 Å². The summed E-state index contributed by atoms with van der Waals surface area (Å²) in [6.45, 7) is 2.94. The van der Waals surface area contributed by atoms with Gasteiger partial charge in [-0.3, -0.25) is 0 Å². The fourth-order valence-electron chi connectivity index (χ4n) is 1.38. The molecule has 0 aliphatic heterocycles. The van der Waals surface area contributed by atoms with Gasteiger partial charge in [-0.2, -0.15) is 0 Å². The summed E-state index contributed by atoms with van der Waals surface area (Å²) >= 11 is 9.36. The van der Waals surface area contributed by atoms with E-state index in [-0.39, 0.29) is 0 Å². The minimum Gasteiger partial charge on any atom is -0.493 e. The van der Waals surface area contributed by atoms with Gasteiger partial charge in [-0.15, -0.1) is 0 Å². The highest BCUT2D eigenvalue weighted by atomic mass is 79.9. The fraction of sp³-hybridized carbons (Fsp3) is 0.500. The van der Waals surface area contributed by atoms with Crippen molar-refractivity contribution in [2.45, 2.75) is 19.8 Å². The minimum atomic E-state index is 0.578. The molecule has 0 heterocycles. The Labute approximate surface area is 105 Å². The lowest BCUT2D eigenvalue weighted by Gasteiger charge is -2.14. The Morgan fingerprint density at radius 3 is 2.87 bits per heavy atom. The Hall–Kier alpha value is -0.210. The van der Waals surface area contributed by atoms with E-state index >= 15 is 0 Å². The van der Waals surface area contributed by atoms with Gasteiger partial charge in [0.15, 0.2) is 0 Å². The summed E-state index contributed by atoms with van der Waals surface area (Å²) in [5.74, 6) is 1.43. The summed E-state index contributed by atoms with van der Waals surface area (Å²) in [5, 5.41) is 1.71. The average molecular weight is 292 g/mol. The Morgan fingerprint density at radius 1 is 1.47 bits per heavy atom. The van der Waals surface area contributed by atoms with Crippen LogP contribution in [0.3, 0.4) is 0 Å². The van der Waals surface area contributed by atoms with Crippen molar-refractivity contribution >= 4 is 27.5 Å². The second kappa shape index (κ2) is 7.13. The van der Waals surface area contributed by atoms with Crippen molar-refractivity contribution in [1.82, 2.24) is 0 Å². The number of alkyl halides is 1. The maximum atomic E-state index is 5.87. The van der Waals surface area contributed by atoms with Crippen LogP contribution in [0.1, 0.15) is 19.8 Å². The Morgan fingerprint density at radius 2 is 2.27 bits per heavy atom. The van der Waals surface area contributed by atoms with Crippen molar-refractivity contribution in [2.75, 3.05) is 11.9 Å². The van der Waals surface area contributed by atoms with E-state index in [1.54, 1.807) is 0 Å². The third-order valence-corrected chi connectivity index (χ3v) is 3.35. The largest absolute Gasteiger partial charge is 0.493 e. The molecule has 1 aromatic carbocycles. The topological polar surface area (TPSA) is 9.23 Å². The van der Waals surface area contributed by atoms with Gasteiger partial charge in [0.25, 0.3) is 0 Å². The zero-order chi connectivity index (χ0) is 11.1. The summed E-state index contributed by atoms with van der Waals surface area (Å²) in [5.41, 5.74) is 0. The van der Waals surface area contributed by atoms with Crippen LogP contribution < -0.4 is 4.74 Å². The van der Waals surface area contributed by atoms with E-state index in [1.807, 2.05) is 24.3 Å². The number of benzene rings is 1. The van der Waals surface area contributed by atoms with Gasteiger partial charge >= 0.3 is 0 Å². The second-order valence-corrected chi connectivity index (χ2v) is 4.66. The Balaban J connectivity index is 2.41. The second-order valence-electron chi connectivity index (χ2n) is 3.58. The summed E-state index contributed by atoms with van der Waals surface area (Å²) in [6.07, 6.45) is 2.38. The van der Waals surface area contributed by atoms with Crippen molar-refractivity contribution in [3.05, 3.63) is 29.3 Å². The molecule has 1 rings (SSSR count). The number of hydrogen-bond acceptors (Lipinski definition) is 1. The smallest absolute Gasteiger partial charge is 0.120 e. The molecular weight excluding hydrogens is 275 g/mol. The molecule has 0 saturated heterocycles. The zero-order valence-electron chi connectivity index (χ0n) is 8.88. The molecule has 0 N–H and O–H groups in total. The van der Waals surface area contributed by atoms with Crippen LogP contribution in [0.4, 0.5) is 0 Å². The first kappa shape index (κ1) is 12.9. The monoisotopic (exact) mass is 290 g/mol. The molecule has 1 nitrogen and oxygen atoms in total. The number of rotatable bonds is 6. The molecule has 0 aliphatic carbocycles. The average Bonchev–Trinajstić information content (AvgIpc) is 2.24. The summed E-state index contributed by atoms with van der Waals surface area (Å²) in [7, 11) is 0. The van der Waals surface area contributed by atoms with Gasteiger partial charge in [-0.05, 0) is 24.6 Å². The molecule has 0 radical (unpaired) electrons. The molecule has 0 amide bonds. The van der Waals surface area contributed by atoms with Gasteiger partial charge < -0.3 is 4.74 Å². The molecule has 0 spiro atoms. The van der Waals surface area contributed by atoms with E-state index in [0.29, 0.717) is 5.92 Å². The lowest BCUT2D eigenvalue weighted by Crippen LogP contribution is -2.13. The normalized spacial score (nSPS) is 12.5. The highest BCUT2D eigenvalue weighted by molar-refractivity contribution is 9.09. The van der Waals surface area contributed by atoms with Crippen LogP contribution in [0.15, 0.2) is 24.3 Å². The quantitative estimate of drug-likeness (QED) is 0.700. The molecular formula is C12H16BrClO. The van der Waals surface area contributed by atoms with Crippen molar-refractivity contribution in [2.24, 2.45) is 5.92 Å². The molecule has 1 aromatic rings. The minimum absolute atomic E-state index is 0.578. The third-order valence-electron chi connectivity index (χ3n) is 2.20. The molecule has 3 heteroatoms. The van der Waals surface area contributed by atoms with E-state index < -0.39 is 0 Å². The summed E-state index contributed by atoms with van der Waals surface area (Å²) in [4.78, 5) is 0. The first-order chi connectivity index (χ1) is 7.26. The van der Waals surface area contributed by atoms with Gasteiger partial charge in [0.1, 0.15) is 5.75 Å². The Bertz CT molecular complexity index is 291. The molecule has 84 valence electrons. The van der Waals surface area contributed by atoms with E-state index in [4.69, 9.17) is 16.3 Å². The fourth-order valence-corrected chi connectivity index (χ4v) is 2.08. The number of ether oxygens (including phenoxy) is 1. The molecule has 0 fully saturated rings. The van der Waals surface area contributed by atoms with E-state index in [9.17, 15) is 0 Å². The first-order valence-electron chi connectivity index (χ1n) is 5.20. The maximum absolute atomic E-state index is 5.87. The van der Waals surface area contributed by atoms with Crippen LogP contribution in [0, 0.1) is 5.92 Å². The predicted molar refractivity (Wildman–Crippen MR) is 69.1 cm³/mol. The molecule has 1 unspecified atom stereocenters. The lowest BCUT2D eigenvalue weighted by molar-refractivity contribution is 0.255. The predicted octanol–water partition coefficient (Wildman–Crippen LogP) is 4.53. The van der Waals surface area contributed by atoms with Gasteiger partial charge in [0.05, 0.1) is 6.61 Å². The first-order valence-corrected chi connectivity index (χ1v) is 6.70. The summed E-state index contributed by atoms with van der Waals surface area (Å²) in [6, 6.07) is 7.53. The molecule has 0 aromatic heterocycles. The van der Waals surface area contributed by atoms with Crippen LogP contribution in [0.2, 0.25) is 5.02 Å². The molecule has 0 aliphatic rings.